The van der Waals surface area contributed by atoms with Gasteiger partial charge in [-0.1, -0.05) is 6.07 Å². The molecule has 11 heteroatoms. The molecule has 0 unspecified atom stereocenters. The van der Waals surface area contributed by atoms with Crippen molar-refractivity contribution in [2.45, 2.75) is 16.7 Å². The van der Waals surface area contributed by atoms with Gasteiger partial charge in [0.1, 0.15) is 0 Å². The monoisotopic (exact) mass is 340 g/mol. The normalized spacial score (nSPS) is 11.6. The minimum atomic E-state index is -4.75. The molecule has 0 aliphatic heterocycles. The zero-order valence-electron chi connectivity index (χ0n) is 9.80. The van der Waals surface area contributed by atoms with Crippen LogP contribution >= 0.6 is 11.8 Å². The molecule has 1 rings (SSSR count). The van der Waals surface area contributed by atoms with Gasteiger partial charge < -0.3 is 0 Å². The molecule has 110 valence electrons. The summed E-state index contributed by atoms with van der Waals surface area (Å²) >= 11 is 0.792. The molecule has 0 aliphatic rings. The Balaban J connectivity index is 2.79. The van der Waals surface area contributed by atoms with Crippen LogP contribution < -0.4 is 0 Å². The van der Waals surface area contributed by atoms with E-state index < -0.39 is 20.5 Å². The van der Waals surface area contributed by atoms with Crippen LogP contribution in [-0.4, -0.2) is 25.9 Å². The van der Waals surface area contributed by atoms with Crippen molar-refractivity contribution < 1.29 is 35.2 Å². The summed E-state index contributed by atoms with van der Waals surface area (Å²) in [4.78, 5) is 3.96. The van der Waals surface area contributed by atoms with E-state index in [-0.39, 0.29) is 4.90 Å². The maximum absolute atomic E-state index is 11.1. The molecule has 1 aromatic carbocycles. The molecule has 0 atom stereocenters. The second kappa shape index (κ2) is 6.44. The smallest absolute Gasteiger partial charge is 0.282 e. The molecule has 0 aliphatic carbocycles. The highest BCUT2D eigenvalue weighted by atomic mass is 32.3. The predicted octanol–water partition coefficient (Wildman–Crippen LogP) is 1.00. The Kier molecular flexibility index (Phi) is 5.40. The standard InChI is InChI=1S/C9H8O8S3/c1-7-2-3-8(6-9(7)19(10,11)12)18-5-4-16-17-20(13,14)15/h2-3,6H,1H3,(H,10,11,12)(H,13,14,15). The van der Waals surface area contributed by atoms with Crippen LogP contribution in [0, 0.1) is 18.3 Å². The molecule has 8 nitrogen and oxygen atoms in total. The van der Waals surface area contributed by atoms with E-state index in [2.05, 4.69) is 14.5 Å². The Morgan fingerprint density at radius 1 is 1.20 bits per heavy atom. The molecule has 0 amide bonds. The Morgan fingerprint density at radius 2 is 1.85 bits per heavy atom. The third-order valence-electron chi connectivity index (χ3n) is 1.81. The van der Waals surface area contributed by atoms with Crippen molar-refractivity contribution in [1.82, 2.24) is 0 Å². The lowest BCUT2D eigenvalue weighted by atomic mass is 10.2. The summed E-state index contributed by atoms with van der Waals surface area (Å²) in [5.41, 5.74) is 0.357. The maximum Gasteiger partial charge on any atom is 0.433 e. The molecule has 0 radical (unpaired) electrons. The number of benzene rings is 1. The molecule has 0 saturated carbocycles. The molecular weight excluding hydrogens is 332 g/mol. The van der Waals surface area contributed by atoms with Crippen molar-refractivity contribution in [3.63, 3.8) is 0 Å². The number of rotatable bonds is 4. The van der Waals surface area contributed by atoms with Crippen LogP contribution in [-0.2, 0) is 29.7 Å². The molecule has 2 N–H and O–H groups in total. The minimum absolute atomic E-state index is 0.264. The van der Waals surface area contributed by atoms with Gasteiger partial charge in [-0.25, -0.2) is 0 Å². The van der Waals surface area contributed by atoms with Gasteiger partial charge in [0.05, 0.1) is 4.90 Å². The van der Waals surface area contributed by atoms with Gasteiger partial charge in [-0.2, -0.15) is 16.8 Å². The van der Waals surface area contributed by atoms with E-state index in [1.54, 1.807) is 6.11 Å². The van der Waals surface area contributed by atoms with Crippen LogP contribution in [0.3, 0.4) is 0 Å². The quantitative estimate of drug-likeness (QED) is 0.271. The van der Waals surface area contributed by atoms with Crippen molar-refractivity contribution in [2.24, 2.45) is 0 Å². The third kappa shape index (κ3) is 5.78. The fraction of sp³-hybridized carbons (Fsp3) is 0.111. The van der Waals surface area contributed by atoms with Gasteiger partial charge in [0, 0.05) is 10.1 Å². The zero-order chi connectivity index (χ0) is 15.4. The van der Waals surface area contributed by atoms with Crippen molar-refractivity contribution in [2.75, 3.05) is 0 Å². The summed E-state index contributed by atoms with van der Waals surface area (Å²) in [7, 11) is -9.09. The van der Waals surface area contributed by atoms with E-state index >= 15 is 0 Å². The van der Waals surface area contributed by atoms with Gasteiger partial charge >= 0.3 is 10.4 Å². The largest absolute Gasteiger partial charge is 0.433 e. The lowest BCUT2D eigenvalue weighted by Crippen LogP contribution is -2.01. The summed E-state index contributed by atoms with van der Waals surface area (Å²) in [6.45, 7) is 1.51. The van der Waals surface area contributed by atoms with Crippen LogP contribution in [0.4, 0.5) is 0 Å². The molecule has 20 heavy (non-hydrogen) atoms. The van der Waals surface area contributed by atoms with Gasteiger partial charge in [-0.3, -0.25) is 14.0 Å². The Morgan fingerprint density at radius 3 is 2.40 bits per heavy atom. The van der Waals surface area contributed by atoms with Crippen LogP contribution in [0.2, 0.25) is 0 Å². The Hall–Kier alpha value is -1.29. The number of hydrogen-bond acceptors (Lipinski definition) is 7. The summed E-state index contributed by atoms with van der Waals surface area (Å²) in [6, 6.07) is 4.18. The lowest BCUT2D eigenvalue weighted by molar-refractivity contribution is -0.135. The van der Waals surface area contributed by atoms with Crippen molar-refractivity contribution >= 4 is 32.3 Å². The first kappa shape index (κ1) is 16.8. The maximum atomic E-state index is 11.1. The second-order valence-electron chi connectivity index (χ2n) is 3.29. The first-order valence-corrected chi connectivity index (χ1v) is 8.29. The van der Waals surface area contributed by atoms with Crippen LogP contribution in [0.15, 0.2) is 28.0 Å². The average molecular weight is 340 g/mol. The van der Waals surface area contributed by atoms with Crippen molar-refractivity contribution in [3.05, 3.63) is 23.8 Å². The van der Waals surface area contributed by atoms with E-state index in [0.29, 0.717) is 10.5 Å². The molecule has 1 aromatic rings. The van der Waals surface area contributed by atoms with Crippen molar-refractivity contribution in [3.8, 4) is 11.4 Å². The van der Waals surface area contributed by atoms with Gasteiger partial charge in [0.25, 0.3) is 10.1 Å². The first-order chi connectivity index (χ1) is 9.09. The van der Waals surface area contributed by atoms with Crippen molar-refractivity contribution in [1.29, 1.82) is 0 Å². The average Bonchev–Trinajstić information content (AvgIpc) is 2.27. The SMILES string of the molecule is Cc1ccc(SC#COOS(=O)(=O)O)cc1S(=O)(=O)O. The topological polar surface area (TPSA) is 127 Å². The number of hydrogen-bond donors (Lipinski definition) is 2. The first-order valence-electron chi connectivity index (χ1n) is 4.67. The highest BCUT2D eigenvalue weighted by Crippen LogP contribution is 2.23. The fourth-order valence-electron chi connectivity index (χ4n) is 1.08. The Bertz CT molecular complexity index is 754. The molecule has 0 spiro atoms. The summed E-state index contributed by atoms with van der Waals surface area (Å²) < 4.78 is 62.9. The summed E-state index contributed by atoms with van der Waals surface area (Å²) in [5, 5.41) is 2.24. The van der Waals surface area contributed by atoms with Crippen LogP contribution in [0.5, 0.6) is 0 Å². The summed E-state index contributed by atoms with van der Waals surface area (Å²) in [6.07, 6.45) is 1.80. The number of thioether (sulfide) groups is 1. The van der Waals surface area contributed by atoms with Gasteiger partial charge in [0.15, 0.2) is 6.11 Å². The highest BCUT2D eigenvalue weighted by Gasteiger charge is 2.13. The van der Waals surface area contributed by atoms with Crippen LogP contribution in [0.1, 0.15) is 5.56 Å². The van der Waals surface area contributed by atoms with Gasteiger partial charge in [-0.05, 0) is 40.7 Å². The molecule has 0 saturated heterocycles. The molecule has 0 aromatic heterocycles. The van der Waals surface area contributed by atoms with Crippen LogP contribution in [0.25, 0.3) is 0 Å². The summed E-state index contributed by atoms with van der Waals surface area (Å²) in [5.74, 6) is 0. The third-order valence-corrected chi connectivity index (χ3v) is 3.72. The predicted molar refractivity (Wildman–Crippen MR) is 68.3 cm³/mol. The lowest BCUT2D eigenvalue weighted by Gasteiger charge is -2.03. The molecule has 0 bridgehead atoms. The molecular formula is C9H8O8S3. The Labute approximate surface area is 119 Å². The van der Waals surface area contributed by atoms with E-state index in [1.165, 1.54) is 25.1 Å². The highest BCUT2D eigenvalue weighted by molar-refractivity contribution is 8.04. The number of aryl methyl sites for hydroxylation is 1. The van der Waals surface area contributed by atoms with Gasteiger partial charge in [-0.15, -0.1) is 0 Å². The van der Waals surface area contributed by atoms with E-state index in [4.69, 9.17) is 9.11 Å². The fourth-order valence-corrected chi connectivity index (χ4v) is 2.53. The molecule has 0 heterocycles. The van der Waals surface area contributed by atoms with Gasteiger partial charge in [0.2, 0.25) is 0 Å². The van der Waals surface area contributed by atoms with E-state index in [1.807, 2.05) is 0 Å². The second-order valence-corrected chi connectivity index (χ2v) is 6.55. The van der Waals surface area contributed by atoms with E-state index in [0.717, 1.165) is 11.8 Å². The minimum Gasteiger partial charge on any atom is -0.282 e. The molecule has 0 fully saturated rings. The zero-order valence-corrected chi connectivity index (χ0v) is 12.3. The van der Waals surface area contributed by atoms with E-state index in [9.17, 15) is 16.8 Å².